The van der Waals surface area contributed by atoms with Crippen molar-refractivity contribution < 1.29 is 9.72 Å². The third kappa shape index (κ3) is 3.87. The molecular formula is C12H11Cl4N3O3. The summed E-state index contributed by atoms with van der Waals surface area (Å²) in [5.74, 6) is -0.595. The monoisotopic (exact) mass is 385 g/mol. The highest BCUT2D eigenvalue weighted by Gasteiger charge is 2.37. The van der Waals surface area contributed by atoms with Gasteiger partial charge in [0.05, 0.1) is 4.92 Å². The van der Waals surface area contributed by atoms with Crippen LogP contribution in [-0.2, 0) is 4.79 Å². The summed E-state index contributed by atoms with van der Waals surface area (Å²) in [4.78, 5) is 25.7. The number of nitro benzene ring substituents is 1. The van der Waals surface area contributed by atoms with Crippen LogP contribution < -0.4 is 4.90 Å². The summed E-state index contributed by atoms with van der Waals surface area (Å²) in [7, 11) is 0. The van der Waals surface area contributed by atoms with Gasteiger partial charge in [0.1, 0.15) is 5.69 Å². The molecule has 10 heteroatoms. The average molecular weight is 387 g/mol. The molecule has 1 aliphatic rings. The van der Waals surface area contributed by atoms with Crippen molar-refractivity contribution in [3.63, 3.8) is 0 Å². The maximum Gasteiger partial charge on any atom is 0.294 e. The summed E-state index contributed by atoms with van der Waals surface area (Å²) in [6.07, 6.45) is 0. The first-order valence-corrected chi connectivity index (χ1v) is 7.76. The van der Waals surface area contributed by atoms with Crippen LogP contribution in [0, 0.1) is 10.1 Å². The smallest absolute Gasteiger partial charge is 0.294 e. The first-order valence-electron chi connectivity index (χ1n) is 6.25. The van der Waals surface area contributed by atoms with Gasteiger partial charge in [0, 0.05) is 37.3 Å². The summed E-state index contributed by atoms with van der Waals surface area (Å²) in [5.41, 5.74) is 0.379. The molecule has 0 spiro atoms. The van der Waals surface area contributed by atoms with Gasteiger partial charge in [-0.1, -0.05) is 46.4 Å². The van der Waals surface area contributed by atoms with Gasteiger partial charge in [-0.3, -0.25) is 14.9 Å². The van der Waals surface area contributed by atoms with Crippen LogP contribution in [0.3, 0.4) is 0 Å². The molecule has 1 saturated heterocycles. The van der Waals surface area contributed by atoms with Gasteiger partial charge >= 0.3 is 0 Å². The molecule has 0 atom stereocenters. The molecule has 0 aromatic heterocycles. The molecule has 6 nitrogen and oxygen atoms in total. The number of nitro groups is 1. The molecule has 0 bridgehead atoms. The first kappa shape index (κ1) is 17.4. The van der Waals surface area contributed by atoms with E-state index in [4.69, 9.17) is 46.4 Å². The van der Waals surface area contributed by atoms with Crippen LogP contribution in [0.5, 0.6) is 0 Å². The number of carbonyl (C=O) groups excluding carboxylic acids is 1. The zero-order chi connectivity index (χ0) is 16.5. The Morgan fingerprint density at radius 2 is 1.77 bits per heavy atom. The van der Waals surface area contributed by atoms with E-state index in [1.165, 1.54) is 11.0 Å². The molecule has 0 unspecified atom stereocenters. The number of halogens is 4. The lowest BCUT2D eigenvalue weighted by Crippen LogP contribution is -2.51. The predicted octanol–water partition coefficient (Wildman–Crippen LogP) is 3.27. The van der Waals surface area contributed by atoms with Gasteiger partial charge in [-0.25, -0.2) is 0 Å². The molecule has 2 rings (SSSR count). The molecule has 1 fully saturated rings. The van der Waals surface area contributed by atoms with Crippen LogP contribution in [0.2, 0.25) is 5.02 Å². The Hall–Kier alpha value is -0.950. The van der Waals surface area contributed by atoms with E-state index in [-0.39, 0.29) is 5.69 Å². The Bertz CT molecular complexity index is 598. The van der Waals surface area contributed by atoms with E-state index >= 15 is 0 Å². The quantitative estimate of drug-likeness (QED) is 0.444. The fourth-order valence-electron chi connectivity index (χ4n) is 2.24. The molecule has 1 aliphatic heterocycles. The van der Waals surface area contributed by atoms with Gasteiger partial charge in [-0.2, -0.15) is 0 Å². The number of anilines is 1. The van der Waals surface area contributed by atoms with Crippen LogP contribution in [0.15, 0.2) is 18.2 Å². The Balaban J connectivity index is 2.13. The number of rotatable bonds is 2. The summed E-state index contributed by atoms with van der Waals surface area (Å²) in [5, 5.41) is 11.4. The molecule has 1 aromatic carbocycles. The zero-order valence-corrected chi connectivity index (χ0v) is 14.2. The molecule has 0 N–H and O–H groups in total. The van der Waals surface area contributed by atoms with E-state index in [9.17, 15) is 14.9 Å². The van der Waals surface area contributed by atoms with E-state index in [0.29, 0.717) is 36.9 Å². The lowest BCUT2D eigenvalue weighted by Gasteiger charge is -2.36. The van der Waals surface area contributed by atoms with Crippen LogP contribution in [-0.4, -0.2) is 45.7 Å². The van der Waals surface area contributed by atoms with Crippen molar-refractivity contribution in [2.75, 3.05) is 31.1 Å². The van der Waals surface area contributed by atoms with Crippen molar-refractivity contribution >= 4 is 63.7 Å². The fourth-order valence-corrected chi connectivity index (χ4v) is 2.76. The lowest BCUT2D eigenvalue weighted by molar-refractivity contribution is -0.384. The summed E-state index contributed by atoms with van der Waals surface area (Å²) < 4.78 is -1.99. The van der Waals surface area contributed by atoms with E-state index in [0.717, 1.165) is 0 Å². The lowest BCUT2D eigenvalue weighted by atomic mass is 10.2. The number of nitrogens with zero attached hydrogens (tertiary/aromatic N) is 3. The minimum Gasteiger partial charge on any atom is -0.362 e. The minimum absolute atomic E-state index is 0.0753. The normalized spacial score (nSPS) is 15.8. The van der Waals surface area contributed by atoms with Crippen molar-refractivity contribution in [1.29, 1.82) is 0 Å². The second-order valence-electron chi connectivity index (χ2n) is 4.67. The second-order valence-corrected chi connectivity index (χ2v) is 7.38. The van der Waals surface area contributed by atoms with Gasteiger partial charge in [-0.05, 0) is 12.1 Å². The summed E-state index contributed by atoms with van der Waals surface area (Å²) in [6, 6.07) is 4.48. The summed E-state index contributed by atoms with van der Waals surface area (Å²) in [6.45, 7) is 1.42. The van der Waals surface area contributed by atoms with Crippen LogP contribution in [0.25, 0.3) is 0 Å². The Labute approximate surface area is 146 Å². The number of hydrogen-bond donors (Lipinski definition) is 0. The van der Waals surface area contributed by atoms with Crippen LogP contribution in [0.1, 0.15) is 0 Å². The zero-order valence-electron chi connectivity index (χ0n) is 11.1. The molecule has 1 heterocycles. The highest BCUT2D eigenvalue weighted by molar-refractivity contribution is 6.76. The molecule has 120 valence electrons. The number of benzene rings is 1. The fraction of sp³-hybridized carbons (Fsp3) is 0.417. The largest absolute Gasteiger partial charge is 0.362 e. The highest BCUT2D eigenvalue weighted by Crippen LogP contribution is 2.33. The second kappa shape index (κ2) is 6.66. The van der Waals surface area contributed by atoms with E-state index in [1.807, 2.05) is 0 Å². The van der Waals surface area contributed by atoms with E-state index < -0.39 is 14.6 Å². The molecular weight excluding hydrogens is 376 g/mol. The third-order valence-corrected chi connectivity index (χ3v) is 4.00. The van der Waals surface area contributed by atoms with Crippen molar-refractivity contribution in [2.45, 2.75) is 3.79 Å². The van der Waals surface area contributed by atoms with Crippen LogP contribution in [0.4, 0.5) is 11.4 Å². The third-order valence-electron chi connectivity index (χ3n) is 3.28. The van der Waals surface area contributed by atoms with Gasteiger partial charge in [0.15, 0.2) is 0 Å². The first-order chi connectivity index (χ1) is 10.2. The molecule has 0 saturated carbocycles. The van der Waals surface area contributed by atoms with Crippen molar-refractivity contribution in [3.05, 3.63) is 33.3 Å². The number of hydrogen-bond acceptors (Lipinski definition) is 4. The SMILES string of the molecule is O=C(N1CCN(c2ccc(Cl)cc2[N+](=O)[O-])CC1)C(Cl)(Cl)Cl. The van der Waals surface area contributed by atoms with Crippen LogP contribution >= 0.6 is 46.4 Å². The molecule has 22 heavy (non-hydrogen) atoms. The minimum atomic E-state index is -1.99. The van der Waals surface area contributed by atoms with Gasteiger partial charge in [-0.15, -0.1) is 0 Å². The van der Waals surface area contributed by atoms with Gasteiger partial charge < -0.3 is 9.80 Å². The number of amides is 1. The Kier molecular flexibility index (Phi) is 5.27. The average Bonchev–Trinajstić information content (AvgIpc) is 2.45. The molecule has 0 aliphatic carbocycles. The van der Waals surface area contributed by atoms with Gasteiger partial charge in [0.2, 0.25) is 0 Å². The van der Waals surface area contributed by atoms with Crippen molar-refractivity contribution in [1.82, 2.24) is 4.90 Å². The molecule has 0 radical (unpaired) electrons. The maximum absolute atomic E-state index is 11.9. The van der Waals surface area contributed by atoms with Crippen molar-refractivity contribution in [3.8, 4) is 0 Å². The molecule has 1 aromatic rings. The van der Waals surface area contributed by atoms with Gasteiger partial charge in [0.25, 0.3) is 15.4 Å². The standard InChI is InChI=1S/C12H11Cl4N3O3/c13-8-1-2-9(10(7-8)19(21)22)17-3-5-18(6-4-17)11(20)12(14,15)16/h1-2,7H,3-6H2. The summed E-state index contributed by atoms with van der Waals surface area (Å²) >= 11 is 22.5. The van der Waals surface area contributed by atoms with E-state index in [2.05, 4.69) is 0 Å². The molecule has 1 amide bonds. The number of carbonyl (C=O) groups is 1. The maximum atomic E-state index is 11.9. The predicted molar refractivity (Wildman–Crippen MR) is 87.2 cm³/mol. The number of piperazine rings is 1. The van der Waals surface area contributed by atoms with E-state index in [1.54, 1.807) is 17.0 Å². The Morgan fingerprint density at radius 3 is 2.27 bits per heavy atom. The Morgan fingerprint density at radius 1 is 1.18 bits per heavy atom. The van der Waals surface area contributed by atoms with Crippen molar-refractivity contribution in [2.24, 2.45) is 0 Å². The topological polar surface area (TPSA) is 66.7 Å². The highest BCUT2D eigenvalue weighted by atomic mass is 35.6. The number of alkyl halides is 3.